The number of amides is 2. The molecule has 158 valence electrons. The van der Waals surface area contributed by atoms with Crippen molar-refractivity contribution >= 4 is 17.5 Å². The average molecular weight is 414 g/mol. The van der Waals surface area contributed by atoms with Crippen molar-refractivity contribution < 1.29 is 9.59 Å². The third-order valence-corrected chi connectivity index (χ3v) is 5.35. The summed E-state index contributed by atoms with van der Waals surface area (Å²) in [5.74, 6) is -0.321. The zero-order chi connectivity index (χ0) is 21.5. The molecular formula is C26H27N3O2. The van der Waals surface area contributed by atoms with Crippen molar-refractivity contribution in [3.63, 3.8) is 0 Å². The molecule has 1 atom stereocenters. The van der Waals surface area contributed by atoms with Crippen molar-refractivity contribution in [2.75, 3.05) is 11.9 Å². The van der Waals surface area contributed by atoms with Crippen LogP contribution in [0.3, 0.4) is 0 Å². The zero-order valence-electron chi connectivity index (χ0n) is 17.4. The predicted octanol–water partition coefficient (Wildman–Crippen LogP) is 4.09. The van der Waals surface area contributed by atoms with Gasteiger partial charge in [-0.15, -0.1) is 0 Å². The van der Waals surface area contributed by atoms with Gasteiger partial charge in [0.15, 0.2) is 0 Å². The summed E-state index contributed by atoms with van der Waals surface area (Å²) in [7, 11) is 0. The van der Waals surface area contributed by atoms with Crippen LogP contribution in [0.25, 0.3) is 0 Å². The molecule has 0 spiro atoms. The second-order valence-corrected chi connectivity index (χ2v) is 7.88. The first-order valence-electron chi connectivity index (χ1n) is 10.7. The van der Waals surface area contributed by atoms with Crippen LogP contribution in [0.5, 0.6) is 0 Å². The molecule has 1 aliphatic carbocycles. The molecule has 5 heteroatoms. The number of nitrogens with one attached hydrogen (secondary N) is 3. The molecular weight excluding hydrogens is 386 g/mol. The van der Waals surface area contributed by atoms with Gasteiger partial charge in [0.2, 0.25) is 5.91 Å². The topological polar surface area (TPSA) is 70.2 Å². The fraction of sp³-hybridized carbons (Fsp3) is 0.231. The normalized spacial score (nSPS) is 13.9. The maximum absolute atomic E-state index is 12.7. The van der Waals surface area contributed by atoms with Gasteiger partial charge in [-0.05, 0) is 42.5 Å². The number of carbonyl (C=O) groups excluding carboxylic acids is 2. The summed E-state index contributed by atoms with van der Waals surface area (Å²) in [6.07, 6.45) is 2.82. The van der Waals surface area contributed by atoms with Crippen molar-refractivity contribution in [3.05, 3.63) is 102 Å². The van der Waals surface area contributed by atoms with E-state index in [1.807, 2.05) is 42.5 Å². The lowest BCUT2D eigenvalue weighted by Gasteiger charge is -2.20. The van der Waals surface area contributed by atoms with Crippen LogP contribution in [-0.2, 0) is 11.2 Å². The molecule has 4 rings (SSSR count). The summed E-state index contributed by atoms with van der Waals surface area (Å²) in [4.78, 5) is 25.2. The van der Waals surface area contributed by atoms with Gasteiger partial charge in [-0.25, -0.2) is 0 Å². The van der Waals surface area contributed by atoms with Crippen molar-refractivity contribution in [2.24, 2.45) is 0 Å². The number of hydrogen-bond donors (Lipinski definition) is 3. The van der Waals surface area contributed by atoms with Crippen LogP contribution >= 0.6 is 0 Å². The lowest BCUT2D eigenvalue weighted by molar-refractivity contribution is -0.115. The van der Waals surface area contributed by atoms with Crippen LogP contribution in [-0.4, -0.2) is 24.4 Å². The fourth-order valence-electron chi connectivity index (χ4n) is 3.53. The predicted molar refractivity (Wildman–Crippen MR) is 123 cm³/mol. The molecule has 0 aromatic heterocycles. The Balaban J connectivity index is 1.41. The molecule has 1 fully saturated rings. The molecule has 0 saturated heterocycles. The maximum Gasteiger partial charge on any atom is 0.253 e. The van der Waals surface area contributed by atoms with Gasteiger partial charge in [0.1, 0.15) is 0 Å². The fourth-order valence-corrected chi connectivity index (χ4v) is 3.53. The van der Waals surface area contributed by atoms with Gasteiger partial charge in [0.25, 0.3) is 5.91 Å². The molecule has 3 aromatic rings. The quantitative estimate of drug-likeness (QED) is 0.495. The third-order valence-electron chi connectivity index (χ3n) is 5.35. The first-order valence-corrected chi connectivity index (χ1v) is 10.7. The molecule has 5 nitrogen and oxygen atoms in total. The highest BCUT2D eigenvalue weighted by Crippen LogP contribution is 2.22. The highest BCUT2D eigenvalue weighted by atomic mass is 16.2. The van der Waals surface area contributed by atoms with Gasteiger partial charge in [-0.2, -0.15) is 0 Å². The van der Waals surface area contributed by atoms with E-state index in [2.05, 4.69) is 40.2 Å². The van der Waals surface area contributed by atoms with Crippen LogP contribution in [0.15, 0.2) is 84.9 Å². The minimum Gasteiger partial charge on any atom is -0.349 e. The minimum absolute atomic E-state index is 0.00255. The number of anilines is 1. The summed E-state index contributed by atoms with van der Waals surface area (Å²) in [5.41, 5.74) is 3.35. The highest BCUT2D eigenvalue weighted by Gasteiger charge is 2.25. The average Bonchev–Trinajstić information content (AvgIpc) is 3.62. The highest BCUT2D eigenvalue weighted by molar-refractivity contribution is 6.04. The Hall–Kier alpha value is -3.44. The van der Waals surface area contributed by atoms with Crippen molar-refractivity contribution in [1.82, 2.24) is 10.6 Å². The van der Waals surface area contributed by atoms with Crippen LogP contribution < -0.4 is 16.0 Å². The van der Waals surface area contributed by atoms with Gasteiger partial charge in [0, 0.05) is 12.1 Å². The number of hydrogen-bond acceptors (Lipinski definition) is 3. The van der Waals surface area contributed by atoms with Crippen molar-refractivity contribution in [2.45, 2.75) is 31.3 Å². The van der Waals surface area contributed by atoms with E-state index >= 15 is 0 Å². The minimum atomic E-state index is -0.180. The molecule has 0 radical (unpaired) electrons. The van der Waals surface area contributed by atoms with E-state index in [4.69, 9.17) is 0 Å². The van der Waals surface area contributed by atoms with E-state index in [-0.39, 0.29) is 30.4 Å². The molecule has 31 heavy (non-hydrogen) atoms. The second kappa shape index (κ2) is 10.0. The van der Waals surface area contributed by atoms with Crippen LogP contribution in [0.1, 0.15) is 40.4 Å². The van der Waals surface area contributed by atoms with E-state index < -0.39 is 0 Å². The molecule has 0 aliphatic heterocycles. The molecule has 3 aromatic carbocycles. The Labute approximate surface area is 182 Å². The van der Waals surface area contributed by atoms with Crippen molar-refractivity contribution in [3.8, 4) is 0 Å². The van der Waals surface area contributed by atoms with Gasteiger partial charge < -0.3 is 16.0 Å². The summed E-state index contributed by atoms with van der Waals surface area (Å²) in [6, 6.07) is 27.7. The third kappa shape index (κ3) is 6.03. The smallest absolute Gasteiger partial charge is 0.253 e. The van der Waals surface area contributed by atoms with Crippen molar-refractivity contribution in [1.29, 1.82) is 0 Å². The number of benzene rings is 3. The molecule has 2 amide bonds. The largest absolute Gasteiger partial charge is 0.349 e. The Morgan fingerprint density at radius 1 is 0.839 bits per heavy atom. The van der Waals surface area contributed by atoms with E-state index in [1.54, 1.807) is 18.2 Å². The molecule has 1 saturated carbocycles. The van der Waals surface area contributed by atoms with Gasteiger partial charge in [0.05, 0.1) is 17.8 Å². The standard InChI is InChI=1S/C26H27N3O2/c30-25(29-23-14-8-7-13-22(23)26(31)28-21-15-16-21)18-27-24(20-11-5-2-6-12-20)17-19-9-3-1-4-10-19/h1-14,21,24,27H,15-18H2,(H,28,31)(H,29,30). The lowest BCUT2D eigenvalue weighted by atomic mass is 9.99. The molecule has 0 bridgehead atoms. The number of carbonyl (C=O) groups is 2. The summed E-state index contributed by atoms with van der Waals surface area (Å²) in [5, 5.41) is 9.25. The van der Waals surface area contributed by atoms with Gasteiger partial charge >= 0.3 is 0 Å². The van der Waals surface area contributed by atoms with E-state index in [0.717, 1.165) is 24.8 Å². The van der Waals surface area contributed by atoms with Gasteiger partial charge in [-0.1, -0.05) is 72.8 Å². The van der Waals surface area contributed by atoms with Crippen LogP contribution in [0.2, 0.25) is 0 Å². The zero-order valence-corrected chi connectivity index (χ0v) is 17.4. The monoisotopic (exact) mass is 413 g/mol. The van der Waals surface area contributed by atoms with Gasteiger partial charge in [-0.3, -0.25) is 9.59 Å². The Bertz CT molecular complexity index is 1020. The maximum atomic E-state index is 12.7. The number of rotatable bonds is 9. The SMILES string of the molecule is O=C(CNC(Cc1ccccc1)c1ccccc1)Nc1ccccc1C(=O)NC1CC1. The molecule has 1 unspecified atom stereocenters. The van der Waals surface area contributed by atoms with Crippen LogP contribution in [0.4, 0.5) is 5.69 Å². The Kier molecular flexibility index (Phi) is 6.75. The van der Waals surface area contributed by atoms with E-state index in [0.29, 0.717) is 11.3 Å². The summed E-state index contributed by atoms with van der Waals surface area (Å²) in [6.45, 7) is 0.144. The first-order chi connectivity index (χ1) is 15.2. The molecule has 3 N–H and O–H groups in total. The number of para-hydroxylation sites is 1. The summed E-state index contributed by atoms with van der Waals surface area (Å²) < 4.78 is 0. The second-order valence-electron chi connectivity index (χ2n) is 7.88. The van der Waals surface area contributed by atoms with E-state index in [9.17, 15) is 9.59 Å². The van der Waals surface area contributed by atoms with E-state index in [1.165, 1.54) is 5.56 Å². The molecule has 0 heterocycles. The molecule has 1 aliphatic rings. The Morgan fingerprint density at radius 2 is 1.48 bits per heavy atom. The first kappa shape index (κ1) is 20.8. The Morgan fingerprint density at radius 3 is 2.19 bits per heavy atom. The van der Waals surface area contributed by atoms with Crippen LogP contribution in [0, 0.1) is 0 Å². The lowest BCUT2D eigenvalue weighted by Crippen LogP contribution is -2.33. The summed E-state index contributed by atoms with van der Waals surface area (Å²) >= 11 is 0.